The van der Waals surface area contributed by atoms with Gasteiger partial charge in [-0.05, 0) is 39.2 Å². The van der Waals surface area contributed by atoms with Crippen LogP contribution in [0.2, 0.25) is 0 Å². The molecule has 96 valence electrons. The highest BCUT2D eigenvalue weighted by molar-refractivity contribution is 4.95. The van der Waals surface area contributed by atoms with Crippen molar-refractivity contribution < 1.29 is 5.11 Å². The molecular formula is C13H23N3O. The van der Waals surface area contributed by atoms with Crippen LogP contribution in [0.5, 0.6) is 0 Å². The minimum atomic E-state index is 0.308. The van der Waals surface area contributed by atoms with Gasteiger partial charge in [-0.1, -0.05) is 0 Å². The van der Waals surface area contributed by atoms with Crippen molar-refractivity contribution in [1.82, 2.24) is 14.5 Å². The zero-order valence-corrected chi connectivity index (χ0v) is 10.7. The Morgan fingerprint density at radius 1 is 1.47 bits per heavy atom. The zero-order valence-electron chi connectivity index (χ0n) is 10.7. The van der Waals surface area contributed by atoms with Gasteiger partial charge in [0.15, 0.2) is 0 Å². The van der Waals surface area contributed by atoms with Gasteiger partial charge in [-0.25, -0.2) is 4.98 Å². The molecule has 1 heterocycles. The van der Waals surface area contributed by atoms with Crippen molar-refractivity contribution in [1.29, 1.82) is 0 Å². The van der Waals surface area contributed by atoms with Gasteiger partial charge in [0.05, 0.1) is 6.54 Å². The summed E-state index contributed by atoms with van der Waals surface area (Å²) in [7, 11) is 0. The lowest BCUT2D eigenvalue weighted by molar-refractivity contribution is 0.222. The molecule has 4 nitrogen and oxygen atoms in total. The Hall–Kier alpha value is -0.870. The predicted octanol–water partition coefficient (Wildman–Crippen LogP) is 1.64. The molecule has 0 unspecified atom stereocenters. The first-order chi connectivity index (χ1) is 8.35. The van der Waals surface area contributed by atoms with Crippen LogP contribution in [-0.2, 0) is 13.1 Å². The van der Waals surface area contributed by atoms with E-state index in [2.05, 4.69) is 21.4 Å². The number of imidazole rings is 1. The minimum absolute atomic E-state index is 0.308. The lowest BCUT2D eigenvalue weighted by Gasteiger charge is -2.21. The number of rotatable bonds is 8. The molecule has 0 radical (unpaired) electrons. The fraction of sp³-hybridized carbons (Fsp3) is 0.769. The molecule has 2 rings (SSSR count). The lowest BCUT2D eigenvalue weighted by atomic mass is 10.3. The molecule has 1 N–H and O–H groups in total. The highest BCUT2D eigenvalue weighted by Gasteiger charge is 2.29. The summed E-state index contributed by atoms with van der Waals surface area (Å²) in [5, 5.41) is 8.84. The number of aliphatic hydroxyl groups excluding tert-OH is 1. The third kappa shape index (κ3) is 3.54. The van der Waals surface area contributed by atoms with E-state index in [0.29, 0.717) is 6.61 Å². The average Bonchev–Trinajstić information content (AvgIpc) is 3.09. The van der Waals surface area contributed by atoms with E-state index in [1.807, 2.05) is 12.4 Å². The Morgan fingerprint density at radius 2 is 2.29 bits per heavy atom. The molecule has 0 bridgehead atoms. The fourth-order valence-corrected chi connectivity index (χ4v) is 2.22. The van der Waals surface area contributed by atoms with Gasteiger partial charge in [-0.15, -0.1) is 0 Å². The second-order valence-corrected chi connectivity index (χ2v) is 4.76. The maximum absolute atomic E-state index is 8.84. The molecule has 0 saturated heterocycles. The van der Waals surface area contributed by atoms with Crippen molar-refractivity contribution in [2.75, 3.05) is 13.2 Å². The van der Waals surface area contributed by atoms with Crippen LogP contribution in [0.3, 0.4) is 0 Å². The number of hydrogen-bond acceptors (Lipinski definition) is 3. The lowest BCUT2D eigenvalue weighted by Crippen LogP contribution is -2.28. The van der Waals surface area contributed by atoms with Gasteiger partial charge >= 0.3 is 0 Å². The van der Waals surface area contributed by atoms with E-state index in [0.717, 1.165) is 38.5 Å². The molecule has 1 fully saturated rings. The van der Waals surface area contributed by atoms with Crippen molar-refractivity contribution in [3.8, 4) is 0 Å². The van der Waals surface area contributed by atoms with Gasteiger partial charge < -0.3 is 9.67 Å². The number of aryl methyl sites for hydroxylation is 1. The van der Waals surface area contributed by atoms with Gasteiger partial charge in [-0.2, -0.15) is 0 Å². The molecule has 1 saturated carbocycles. The monoisotopic (exact) mass is 237 g/mol. The first-order valence-electron chi connectivity index (χ1n) is 6.70. The first-order valence-corrected chi connectivity index (χ1v) is 6.70. The summed E-state index contributed by atoms with van der Waals surface area (Å²) in [4.78, 5) is 6.96. The van der Waals surface area contributed by atoms with E-state index in [4.69, 9.17) is 5.11 Å². The van der Waals surface area contributed by atoms with Crippen molar-refractivity contribution in [2.24, 2.45) is 0 Å². The molecule has 17 heavy (non-hydrogen) atoms. The molecule has 0 amide bonds. The second-order valence-electron chi connectivity index (χ2n) is 4.76. The quantitative estimate of drug-likeness (QED) is 0.699. The van der Waals surface area contributed by atoms with Crippen molar-refractivity contribution >= 4 is 0 Å². The van der Waals surface area contributed by atoms with E-state index >= 15 is 0 Å². The Labute approximate surface area is 103 Å². The molecule has 0 atom stereocenters. The molecule has 1 aliphatic rings. The highest BCUT2D eigenvalue weighted by Crippen LogP contribution is 2.28. The van der Waals surface area contributed by atoms with E-state index in [-0.39, 0.29) is 0 Å². The Morgan fingerprint density at radius 3 is 2.94 bits per heavy atom. The minimum Gasteiger partial charge on any atom is -0.396 e. The van der Waals surface area contributed by atoms with Gasteiger partial charge in [0.1, 0.15) is 5.82 Å². The molecule has 0 aromatic carbocycles. The van der Waals surface area contributed by atoms with Crippen LogP contribution in [0.25, 0.3) is 0 Å². The predicted molar refractivity (Wildman–Crippen MR) is 67.7 cm³/mol. The van der Waals surface area contributed by atoms with Gasteiger partial charge in [-0.3, -0.25) is 4.90 Å². The summed E-state index contributed by atoms with van der Waals surface area (Å²) < 4.78 is 2.21. The van der Waals surface area contributed by atoms with Crippen LogP contribution in [0, 0.1) is 0 Å². The van der Waals surface area contributed by atoms with E-state index in [1.54, 1.807) is 0 Å². The normalized spacial score (nSPS) is 15.7. The SMILES string of the molecule is CCn1ccnc1CN(CCCCO)C1CC1. The summed E-state index contributed by atoms with van der Waals surface area (Å²) in [6.07, 6.45) is 8.58. The topological polar surface area (TPSA) is 41.3 Å². The van der Waals surface area contributed by atoms with Crippen LogP contribution in [0.1, 0.15) is 38.4 Å². The largest absolute Gasteiger partial charge is 0.396 e. The van der Waals surface area contributed by atoms with E-state index in [9.17, 15) is 0 Å². The maximum atomic E-state index is 8.84. The van der Waals surface area contributed by atoms with Crippen LogP contribution in [0.15, 0.2) is 12.4 Å². The van der Waals surface area contributed by atoms with Gasteiger partial charge in [0.2, 0.25) is 0 Å². The molecule has 1 aliphatic carbocycles. The fourth-order valence-electron chi connectivity index (χ4n) is 2.22. The summed E-state index contributed by atoms with van der Waals surface area (Å²) >= 11 is 0. The first kappa shape index (κ1) is 12.6. The molecule has 1 aromatic rings. The highest BCUT2D eigenvalue weighted by atomic mass is 16.2. The number of aliphatic hydroxyl groups is 1. The second kappa shape index (κ2) is 6.17. The summed E-state index contributed by atoms with van der Waals surface area (Å²) in [5.74, 6) is 1.17. The van der Waals surface area contributed by atoms with Crippen LogP contribution >= 0.6 is 0 Å². The number of aromatic nitrogens is 2. The van der Waals surface area contributed by atoms with Crippen molar-refractivity contribution in [3.63, 3.8) is 0 Å². The Bertz CT molecular complexity index is 333. The Balaban J connectivity index is 1.88. The number of hydrogen-bond donors (Lipinski definition) is 1. The van der Waals surface area contributed by atoms with Crippen LogP contribution in [-0.4, -0.2) is 38.8 Å². The number of unbranched alkanes of at least 4 members (excludes halogenated alkanes) is 1. The molecule has 4 heteroatoms. The zero-order chi connectivity index (χ0) is 12.1. The van der Waals surface area contributed by atoms with Gasteiger partial charge in [0, 0.05) is 31.6 Å². The third-order valence-corrected chi connectivity index (χ3v) is 3.40. The summed E-state index contributed by atoms with van der Waals surface area (Å²) in [6, 6.07) is 0.760. The van der Waals surface area contributed by atoms with Crippen LogP contribution in [0.4, 0.5) is 0 Å². The average molecular weight is 237 g/mol. The standard InChI is InChI=1S/C13H23N3O/c1-2-15-9-7-14-13(15)11-16(12-5-6-12)8-3-4-10-17/h7,9,12,17H,2-6,8,10-11H2,1H3. The molecule has 1 aromatic heterocycles. The van der Waals surface area contributed by atoms with Crippen molar-refractivity contribution in [3.05, 3.63) is 18.2 Å². The van der Waals surface area contributed by atoms with E-state index in [1.165, 1.54) is 18.7 Å². The van der Waals surface area contributed by atoms with Gasteiger partial charge in [0.25, 0.3) is 0 Å². The summed E-state index contributed by atoms with van der Waals surface area (Å²) in [5.41, 5.74) is 0. The smallest absolute Gasteiger partial charge is 0.122 e. The number of nitrogens with zero attached hydrogens (tertiary/aromatic N) is 3. The molecule has 0 aliphatic heterocycles. The summed E-state index contributed by atoms with van der Waals surface area (Å²) in [6.45, 7) is 5.49. The molecule has 0 spiro atoms. The van der Waals surface area contributed by atoms with E-state index < -0.39 is 0 Å². The molecular weight excluding hydrogens is 214 g/mol. The third-order valence-electron chi connectivity index (χ3n) is 3.40. The van der Waals surface area contributed by atoms with Crippen LogP contribution < -0.4 is 0 Å². The van der Waals surface area contributed by atoms with Crippen molar-refractivity contribution in [2.45, 2.75) is 51.7 Å². The Kier molecular flexibility index (Phi) is 4.57. The maximum Gasteiger partial charge on any atom is 0.122 e.